The van der Waals surface area contributed by atoms with Gasteiger partial charge in [0.25, 0.3) is 0 Å². The van der Waals surface area contributed by atoms with Gasteiger partial charge in [-0.2, -0.15) is 0 Å². The van der Waals surface area contributed by atoms with Crippen molar-refractivity contribution in [2.24, 2.45) is 11.8 Å². The number of nitrogens with zero attached hydrogens (tertiary/aromatic N) is 4. The van der Waals surface area contributed by atoms with Crippen molar-refractivity contribution in [3.8, 4) is 0 Å². The van der Waals surface area contributed by atoms with Crippen LogP contribution in [0.15, 0.2) is 54.6 Å². The Labute approximate surface area is 241 Å². The fourth-order valence-electron chi connectivity index (χ4n) is 8.13. The molecule has 0 radical (unpaired) electrons. The fourth-order valence-corrected chi connectivity index (χ4v) is 8.13. The lowest BCUT2D eigenvalue weighted by atomic mass is 9.69. The molecule has 4 fully saturated rings. The first-order chi connectivity index (χ1) is 19.6. The van der Waals surface area contributed by atoms with Gasteiger partial charge in [0.1, 0.15) is 0 Å². The second-order valence-electron chi connectivity index (χ2n) is 12.8. The third kappa shape index (κ3) is 6.56. The first-order valence-corrected chi connectivity index (χ1v) is 16.0. The van der Waals surface area contributed by atoms with Crippen LogP contribution in [0.5, 0.6) is 0 Å². The molecule has 6 rings (SSSR count). The molecular weight excluding hydrogens is 494 g/mol. The maximum Gasteiger partial charge on any atom is 0.220 e. The average molecular weight is 544 g/mol. The summed E-state index contributed by atoms with van der Waals surface area (Å²) in [6.45, 7) is 9.85. The van der Waals surface area contributed by atoms with E-state index in [4.69, 9.17) is 0 Å². The van der Waals surface area contributed by atoms with Gasteiger partial charge in [-0.1, -0.05) is 42.5 Å². The number of amides is 1. The minimum absolute atomic E-state index is 0.189. The van der Waals surface area contributed by atoms with Crippen LogP contribution >= 0.6 is 0 Å². The fraction of sp³-hybridized carbons (Fsp3) is 0.618. The van der Waals surface area contributed by atoms with Crippen LogP contribution < -0.4 is 10.2 Å². The standard InChI is InChI=1S/C34H49N5O/c1-36-20-22-37(23-21-36)30-16-14-27(15-17-30)24-35-33(40)13-5-12-32-31-11-7-19-38-18-6-10-29(34(31)38)26-39(32)25-28-8-3-2-4-9-28/h2-4,8-9,14-17,29,31-32,34H,5-7,10-13,18-26H2,1H3,(H,35,40)/t29-,31+,32+,34-/m0/s1. The van der Waals surface area contributed by atoms with Gasteiger partial charge in [-0.25, -0.2) is 0 Å². The van der Waals surface area contributed by atoms with E-state index < -0.39 is 0 Å². The molecule has 4 aliphatic rings. The van der Waals surface area contributed by atoms with E-state index in [9.17, 15) is 4.79 Å². The van der Waals surface area contributed by atoms with Gasteiger partial charge in [-0.15, -0.1) is 0 Å². The highest BCUT2D eigenvalue weighted by atomic mass is 16.1. The van der Waals surface area contributed by atoms with Crippen molar-refractivity contribution in [1.29, 1.82) is 0 Å². The van der Waals surface area contributed by atoms with Gasteiger partial charge >= 0.3 is 0 Å². The number of hydrogen-bond donors (Lipinski definition) is 1. The lowest BCUT2D eigenvalue weighted by Gasteiger charge is -2.57. The van der Waals surface area contributed by atoms with Gasteiger partial charge < -0.3 is 15.1 Å². The number of rotatable bonds is 9. The number of carbonyl (C=O) groups excluding carboxylic acids is 1. The summed E-state index contributed by atoms with van der Waals surface area (Å²) in [7, 11) is 2.19. The summed E-state index contributed by atoms with van der Waals surface area (Å²) in [5.41, 5.74) is 3.89. The van der Waals surface area contributed by atoms with Crippen LogP contribution in [0, 0.1) is 11.8 Å². The largest absolute Gasteiger partial charge is 0.369 e. The van der Waals surface area contributed by atoms with Crippen LogP contribution in [0.25, 0.3) is 0 Å². The minimum Gasteiger partial charge on any atom is -0.369 e. The van der Waals surface area contributed by atoms with E-state index in [1.54, 1.807) is 0 Å². The summed E-state index contributed by atoms with van der Waals surface area (Å²) in [5.74, 6) is 1.75. The lowest BCUT2D eigenvalue weighted by Crippen LogP contribution is -2.64. The molecule has 4 saturated heterocycles. The number of anilines is 1. The number of hydrogen-bond acceptors (Lipinski definition) is 5. The Hall–Kier alpha value is -2.41. The summed E-state index contributed by atoms with van der Waals surface area (Å²) < 4.78 is 0. The maximum absolute atomic E-state index is 12.9. The highest BCUT2D eigenvalue weighted by molar-refractivity contribution is 5.75. The molecule has 1 N–H and O–H groups in total. The van der Waals surface area contributed by atoms with E-state index in [0.717, 1.165) is 63.4 Å². The summed E-state index contributed by atoms with van der Waals surface area (Å²) in [4.78, 5) is 23.3. The normalized spacial score (nSPS) is 27.8. The molecule has 1 amide bonds. The SMILES string of the molecule is CN1CCN(c2ccc(CNC(=O)CCC[C@@H]3[C@H]4CCCN5CCC[C@@H](CN3Cc3ccccc3)[C@@H]45)cc2)CC1. The first-order valence-electron chi connectivity index (χ1n) is 16.0. The van der Waals surface area contributed by atoms with E-state index in [-0.39, 0.29) is 5.91 Å². The van der Waals surface area contributed by atoms with Gasteiger partial charge in [0.15, 0.2) is 0 Å². The Morgan fingerprint density at radius 3 is 2.40 bits per heavy atom. The highest BCUT2D eigenvalue weighted by Crippen LogP contribution is 2.43. The van der Waals surface area contributed by atoms with Gasteiger partial charge in [0.05, 0.1) is 0 Å². The van der Waals surface area contributed by atoms with Gasteiger partial charge in [-0.3, -0.25) is 14.6 Å². The van der Waals surface area contributed by atoms with Crippen molar-refractivity contribution < 1.29 is 4.79 Å². The predicted octanol–water partition coefficient (Wildman–Crippen LogP) is 4.60. The number of piperidine rings is 3. The van der Waals surface area contributed by atoms with Crippen LogP contribution in [0.1, 0.15) is 56.1 Å². The van der Waals surface area contributed by atoms with Crippen molar-refractivity contribution in [3.05, 3.63) is 65.7 Å². The molecule has 216 valence electrons. The van der Waals surface area contributed by atoms with E-state index in [1.165, 1.54) is 62.1 Å². The van der Waals surface area contributed by atoms with Crippen LogP contribution in [-0.2, 0) is 17.9 Å². The predicted molar refractivity (Wildman–Crippen MR) is 163 cm³/mol. The van der Waals surface area contributed by atoms with Gasteiger partial charge in [0.2, 0.25) is 5.91 Å². The Bertz CT molecular complexity index is 1080. The maximum atomic E-state index is 12.9. The molecule has 2 aromatic carbocycles. The third-order valence-electron chi connectivity index (χ3n) is 10.2. The van der Waals surface area contributed by atoms with E-state index in [2.05, 4.69) is 86.6 Å². The molecule has 0 bridgehead atoms. The summed E-state index contributed by atoms with van der Waals surface area (Å²) in [6.07, 6.45) is 8.14. The van der Waals surface area contributed by atoms with Crippen molar-refractivity contribution in [1.82, 2.24) is 20.0 Å². The number of likely N-dealkylation sites (N-methyl/N-ethyl adjacent to an activating group) is 1. The second-order valence-corrected chi connectivity index (χ2v) is 12.8. The van der Waals surface area contributed by atoms with Crippen LogP contribution in [0.2, 0.25) is 0 Å². The molecule has 4 heterocycles. The topological polar surface area (TPSA) is 42.1 Å². The molecule has 6 heteroatoms. The number of piperazine rings is 1. The van der Waals surface area contributed by atoms with E-state index in [0.29, 0.717) is 19.0 Å². The zero-order valence-electron chi connectivity index (χ0n) is 24.5. The number of benzene rings is 2. The summed E-state index contributed by atoms with van der Waals surface area (Å²) >= 11 is 0. The zero-order valence-corrected chi connectivity index (χ0v) is 24.5. The van der Waals surface area contributed by atoms with Crippen molar-refractivity contribution in [2.45, 2.75) is 70.1 Å². The molecule has 4 aliphatic heterocycles. The Morgan fingerprint density at radius 1 is 0.875 bits per heavy atom. The number of likely N-dealkylation sites (tertiary alicyclic amines) is 1. The Balaban J connectivity index is 1.02. The molecule has 0 unspecified atom stereocenters. The first kappa shape index (κ1) is 27.7. The molecule has 0 spiro atoms. The van der Waals surface area contributed by atoms with Crippen LogP contribution in [0.3, 0.4) is 0 Å². The van der Waals surface area contributed by atoms with Crippen molar-refractivity contribution in [3.63, 3.8) is 0 Å². The molecular formula is C34H49N5O. The smallest absolute Gasteiger partial charge is 0.220 e. The highest BCUT2D eigenvalue weighted by Gasteiger charge is 2.48. The molecule has 6 nitrogen and oxygen atoms in total. The van der Waals surface area contributed by atoms with Gasteiger partial charge in [-0.05, 0) is 93.8 Å². The van der Waals surface area contributed by atoms with Crippen LogP contribution in [0.4, 0.5) is 5.69 Å². The molecule has 4 atom stereocenters. The molecule has 40 heavy (non-hydrogen) atoms. The summed E-state index contributed by atoms with van der Waals surface area (Å²) in [5, 5.41) is 3.20. The molecule has 2 aromatic rings. The summed E-state index contributed by atoms with van der Waals surface area (Å²) in [6, 6.07) is 21.1. The molecule has 0 aromatic heterocycles. The van der Waals surface area contributed by atoms with Crippen LogP contribution in [-0.4, -0.2) is 85.6 Å². The van der Waals surface area contributed by atoms with Crippen molar-refractivity contribution >= 4 is 11.6 Å². The van der Waals surface area contributed by atoms with E-state index in [1.807, 2.05) is 0 Å². The van der Waals surface area contributed by atoms with Gasteiger partial charge in [0, 0.05) is 70.0 Å². The van der Waals surface area contributed by atoms with E-state index >= 15 is 0 Å². The molecule has 0 saturated carbocycles. The lowest BCUT2D eigenvalue weighted by molar-refractivity contribution is -0.121. The van der Waals surface area contributed by atoms with Crippen molar-refractivity contribution in [2.75, 3.05) is 57.8 Å². The third-order valence-corrected chi connectivity index (χ3v) is 10.2. The zero-order chi connectivity index (χ0) is 27.3. The molecule has 0 aliphatic carbocycles. The Kier molecular flexibility index (Phi) is 9.05. The average Bonchev–Trinajstić information content (AvgIpc) is 2.99. The monoisotopic (exact) mass is 543 g/mol. The quantitative estimate of drug-likeness (QED) is 0.501. The second kappa shape index (κ2) is 13.1. The number of nitrogens with one attached hydrogen (secondary N) is 1. The minimum atomic E-state index is 0.189. The number of carbonyl (C=O) groups is 1. The Morgan fingerprint density at radius 2 is 1.62 bits per heavy atom.